The number of hydrogen-bond acceptors (Lipinski definition) is 4. The number of carbonyl (C=O) groups excluding carboxylic acids is 2. The lowest BCUT2D eigenvalue weighted by atomic mass is 10.1. The van der Waals surface area contributed by atoms with Gasteiger partial charge in [-0.05, 0) is 30.9 Å². The molecule has 2 bridgehead atoms. The molecular weight excluding hydrogens is 308 g/mol. The van der Waals surface area contributed by atoms with Crippen LogP contribution in [0.3, 0.4) is 0 Å². The summed E-state index contributed by atoms with van der Waals surface area (Å²) in [5.41, 5.74) is 0.824. The zero-order valence-corrected chi connectivity index (χ0v) is 13.8. The minimum Gasteiger partial charge on any atom is -0.486 e. The van der Waals surface area contributed by atoms with Crippen molar-refractivity contribution in [3.63, 3.8) is 0 Å². The molecule has 1 aliphatic carbocycles. The molecule has 2 fully saturated rings. The van der Waals surface area contributed by atoms with Gasteiger partial charge < -0.3 is 19.3 Å². The van der Waals surface area contributed by atoms with Crippen LogP contribution in [0, 0.1) is 5.92 Å². The fraction of sp³-hybridized carbons (Fsp3) is 0.556. The summed E-state index contributed by atoms with van der Waals surface area (Å²) in [7, 11) is 1.49. The van der Waals surface area contributed by atoms with Crippen molar-refractivity contribution in [3.8, 4) is 5.75 Å². The van der Waals surface area contributed by atoms with Crippen LogP contribution >= 0.6 is 0 Å². The van der Waals surface area contributed by atoms with E-state index in [4.69, 9.17) is 9.47 Å². The monoisotopic (exact) mass is 330 g/mol. The standard InChI is InChI=1S/C18H22N2O4/c1-23-11-17(21)19-10-13-8-15(19)18(22)20(9-12-6-7-12)14-4-2-3-5-16(14)24-13/h2-5,12-13,15H,6-11H2,1H3. The normalized spacial score (nSPS) is 25.8. The molecule has 6 heteroatoms. The highest BCUT2D eigenvalue weighted by atomic mass is 16.5. The van der Waals surface area contributed by atoms with Gasteiger partial charge in [0.25, 0.3) is 0 Å². The maximum atomic E-state index is 13.2. The molecule has 1 aromatic rings. The Kier molecular flexibility index (Phi) is 3.92. The maximum Gasteiger partial charge on any atom is 0.250 e. The summed E-state index contributed by atoms with van der Waals surface area (Å²) in [4.78, 5) is 29.0. The number of benzene rings is 1. The second kappa shape index (κ2) is 6.09. The largest absolute Gasteiger partial charge is 0.486 e. The summed E-state index contributed by atoms with van der Waals surface area (Å²) in [6.07, 6.45) is 2.71. The number of carbonyl (C=O) groups is 2. The van der Waals surface area contributed by atoms with Gasteiger partial charge in [-0.25, -0.2) is 0 Å². The van der Waals surface area contributed by atoms with Crippen LogP contribution in [-0.2, 0) is 14.3 Å². The van der Waals surface area contributed by atoms with Crippen LogP contribution in [0.25, 0.3) is 0 Å². The highest BCUT2D eigenvalue weighted by molar-refractivity contribution is 6.01. The Morgan fingerprint density at radius 3 is 2.88 bits per heavy atom. The van der Waals surface area contributed by atoms with Gasteiger partial charge >= 0.3 is 0 Å². The van der Waals surface area contributed by atoms with Gasteiger partial charge in [0.15, 0.2) is 0 Å². The van der Waals surface area contributed by atoms with Crippen LogP contribution in [0.5, 0.6) is 5.75 Å². The molecule has 3 aliphatic rings. The Hall–Kier alpha value is -2.08. The summed E-state index contributed by atoms with van der Waals surface area (Å²) in [6, 6.07) is 7.22. The topological polar surface area (TPSA) is 59.1 Å². The second-order valence-electron chi connectivity index (χ2n) is 6.83. The Morgan fingerprint density at radius 1 is 1.33 bits per heavy atom. The van der Waals surface area contributed by atoms with Crippen LogP contribution < -0.4 is 9.64 Å². The average molecular weight is 330 g/mol. The van der Waals surface area contributed by atoms with E-state index in [1.54, 1.807) is 4.90 Å². The van der Waals surface area contributed by atoms with Gasteiger partial charge in [-0.15, -0.1) is 0 Å². The Bertz CT molecular complexity index is 658. The molecule has 128 valence electrons. The minimum atomic E-state index is -0.454. The molecule has 24 heavy (non-hydrogen) atoms. The highest BCUT2D eigenvalue weighted by Crippen LogP contribution is 2.39. The number of ether oxygens (including phenoxy) is 2. The van der Waals surface area contributed by atoms with Crippen LogP contribution in [-0.4, -0.2) is 55.7 Å². The van der Waals surface area contributed by atoms with Gasteiger partial charge in [0.1, 0.15) is 24.5 Å². The first-order valence-electron chi connectivity index (χ1n) is 8.53. The quantitative estimate of drug-likeness (QED) is 0.838. The first-order valence-corrected chi connectivity index (χ1v) is 8.53. The molecule has 0 radical (unpaired) electrons. The fourth-order valence-corrected chi connectivity index (χ4v) is 3.60. The van der Waals surface area contributed by atoms with Gasteiger partial charge in [-0.2, -0.15) is 0 Å². The summed E-state index contributed by atoms with van der Waals surface area (Å²) in [6.45, 7) is 1.13. The van der Waals surface area contributed by atoms with Crippen LogP contribution in [0.15, 0.2) is 24.3 Å². The number of fused-ring (bicyclic) bond motifs is 3. The number of likely N-dealkylation sites (tertiary alicyclic amines) is 1. The number of anilines is 1. The Morgan fingerprint density at radius 2 is 2.12 bits per heavy atom. The maximum absolute atomic E-state index is 13.2. The first kappa shape index (κ1) is 15.4. The molecule has 2 unspecified atom stereocenters. The molecule has 2 atom stereocenters. The summed E-state index contributed by atoms with van der Waals surface area (Å²) in [5.74, 6) is 1.14. The third-order valence-corrected chi connectivity index (χ3v) is 4.99. The Labute approximate surface area is 141 Å². The molecule has 0 N–H and O–H groups in total. The van der Waals surface area contributed by atoms with E-state index in [0.717, 1.165) is 24.3 Å². The van der Waals surface area contributed by atoms with E-state index >= 15 is 0 Å². The molecule has 4 rings (SSSR count). The summed E-state index contributed by atoms with van der Waals surface area (Å²) in [5, 5.41) is 0. The molecule has 1 saturated carbocycles. The second-order valence-corrected chi connectivity index (χ2v) is 6.83. The van der Waals surface area contributed by atoms with Crippen LogP contribution in [0.4, 0.5) is 5.69 Å². The summed E-state index contributed by atoms with van der Waals surface area (Å²) < 4.78 is 11.1. The van der Waals surface area contributed by atoms with Crippen molar-refractivity contribution in [2.24, 2.45) is 5.92 Å². The van der Waals surface area contributed by atoms with Crippen molar-refractivity contribution < 1.29 is 19.1 Å². The third-order valence-electron chi connectivity index (χ3n) is 4.99. The third kappa shape index (κ3) is 2.75. The van der Waals surface area contributed by atoms with Crippen molar-refractivity contribution >= 4 is 17.5 Å². The van der Waals surface area contributed by atoms with Crippen molar-refractivity contribution in [2.75, 3.05) is 31.7 Å². The minimum absolute atomic E-state index is 0.00426. The number of rotatable bonds is 4. The fourth-order valence-electron chi connectivity index (χ4n) is 3.60. The van der Waals surface area contributed by atoms with E-state index in [0.29, 0.717) is 25.4 Å². The molecule has 2 aliphatic heterocycles. The molecule has 1 aromatic carbocycles. The number of para-hydroxylation sites is 2. The van der Waals surface area contributed by atoms with Crippen LogP contribution in [0.2, 0.25) is 0 Å². The lowest BCUT2D eigenvalue weighted by molar-refractivity contribution is -0.140. The lowest BCUT2D eigenvalue weighted by Gasteiger charge is -2.31. The number of amides is 2. The highest BCUT2D eigenvalue weighted by Gasteiger charge is 2.45. The van der Waals surface area contributed by atoms with E-state index in [2.05, 4.69) is 0 Å². The van der Waals surface area contributed by atoms with E-state index in [9.17, 15) is 9.59 Å². The molecule has 1 saturated heterocycles. The van der Waals surface area contributed by atoms with E-state index < -0.39 is 6.04 Å². The van der Waals surface area contributed by atoms with Crippen molar-refractivity contribution in [1.29, 1.82) is 0 Å². The van der Waals surface area contributed by atoms with E-state index in [1.165, 1.54) is 7.11 Å². The molecule has 2 amide bonds. The lowest BCUT2D eigenvalue weighted by Crippen LogP contribution is -2.49. The zero-order valence-electron chi connectivity index (χ0n) is 13.8. The van der Waals surface area contributed by atoms with Crippen molar-refractivity contribution in [3.05, 3.63) is 24.3 Å². The number of methoxy groups -OCH3 is 1. The molecule has 0 spiro atoms. The van der Waals surface area contributed by atoms with Gasteiger partial charge in [0.05, 0.1) is 12.2 Å². The van der Waals surface area contributed by atoms with Gasteiger partial charge in [-0.1, -0.05) is 12.1 Å². The zero-order chi connectivity index (χ0) is 16.7. The smallest absolute Gasteiger partial charge is 0.250 e. The van der Waals surface area contributed by atoms with Crippen molar-refractivity contribution in [2.45, 2.75) is 31.4 Å². The van der Waals surface area contributed by atoms with Gasteiger partial charge in [0.2, 0.25) is 11.8 Å². The molecule has 6 nitrogen and oxygen atoms in total. The van der Waals surface area contributed by atoms with Gasteiger partial charge in [-0.3, -0.25) is 9.59 Å². The van der Waals surface area contributed by atoms with Gasteiger partial charge in [0, 0.05) is 20.1 Å². The van der Waals surface area contributed by atoms with E-state index in [1.807, 2.05) is 29.2 Å². The van der Waals surface area contributed by atoms with E-state index in [-0.39, 0.29) is 24.5 Å². The summed E-state index contributed by atoms with van der Waals surface area (Å²) >= 11 is 0. The SMILES string of the molecule is COCC(=O)N1CC2CC1C(=O)N(CC1CC1)c1ccccc1O2. The Balaban J connectivity index is 1.68. The molecule has 0 aromatic heterocycles. The predicted molar refractivity (Wildman–Crippen MR) is 87.9 cm³/mol. The predicted octanol–water partition coefficient (Wildman–Crippen LogP) is 1.44. The average Bonchev–Trinajstić information content (AvgIpc) is 3.29. The van der Waals surface area contributed by atoms with Crippen molar-refractivity contribution in [1.82, 2.24) is 4.90 Å². The number of hydrogen-bond donors (Lipinski definition) is 0. The number of nitrogens with zero attached hydrogens (tertiary/aromatic N) is 2. The molecular formula is C18H22N2O4. The van der Waals surface area contributed by atoms with Crippen LogP contribution in [0.1, 0.15) is 19.3 Å². The molecule has 2 heterocycles. The first-order chi connectivity index (χ1) is 11.7.